The molecular formula is C28H21BN2O2. The Kier molecular flexibility index (Phi) is 5.81. The van der Waals surface area contributed by atoms with E-state index in [1.807, 2.05) is 72.8 Å². The van der Waals surface area contributed by atoms with E-state index < -0.39 is 7.12 Å². The Bertz CT molecular complexity index is 1370. The van der Waals surface area contributed by atoms with Crippen LogP contribution in [0.15, 0.2) is 115 Å². The van der Waals surface area contributed by atoms with Crippen molar-refractivity contribution in [2.75, 3.05) is 0 Å². The minimum Gasteiger partial charge on any atom is -0.423 e. The Balaban J connectivity index is 1.64. The van der Waals surface area contributed by atoms with Crippen molar-refractivity contribution in [1.29, 1.82) is 0 Å². The van der Waals surface area contributed by atoms with Crippen molar-refractivity contribution in [3.05, 3.63) is 115 Å². The number of aromatic nitrogens is 2. The van der Waals surface area contributed by atoms with E-state index in [0.717, 1.165) is 39.2 Å². The van der Waals surface area contributed by atoms with Gasteiger partial charge in [-0.1, -0.05) is 103 Å². The standard InChI is InChI=1S/C28H21BN2O2/c32-29(33)25-16-14-22(15-17-25)28-30-26(21-10-5-2-6-11-21)19-27(31-28)24-13-7-12-23(18-24)20-8-3-1-4-9-20/h1-19,32-33H. The molecule has 5 rings (SSSR count). The number of rotatable bonds is 5. The van der Waals surface area contributed by atoms with E-state index in [1.54, 1.807) is 12.1 Å². The fraction of sp³-hybridized carbons (Fsp3) is 0. The van der Waals surface area contributed by atoms with Crippen molar-refractivity contribution in [1.82, 2.24) is 9.97 Å². The molecule has 0 fully saturated rings. The van der Waals surface area contributed by atoms with E-state index in [0.29, 0.717) is 11.3 Å². The molecule has 0 unspecified atom stereocenters. The minimum atomic E-state index is -1.51. The molecule has 2 N–H and O–H groups in total. The Hall–Kier alpha value is -4.06. The number of nitrogens with zero attached hydrogens (tertiary/aromatic N) is 2. The molecule has 0 bridgehead atoms. The molecule has 0 aliphatic rings. The van der Waals surface area contributed by atoms with Crippen LogP contribution in [0, 0.1) is 0 Å². The lowest BCUT2D eigenvalue weighted by molar-refractivity contribution is 0.426. The Labute approximate surface area is 193 Å². The molecule has 5 aromatic rings. The highest BCUT2D eigenvalue weighted by molar-refractivity contribution is 6.58. The van der Waals surface area contributed by atoms with Crippen molar-refractivity contribution in [3.8, 4) is 45.0 Å². The van der Waals surface area contributed by atoms with Gasteiger partial charge in [0.05, 0.1) is 11.4 Å². The molecule has 0 aliphatic heterocycles. The summed E-state index contributed by atoms with van der Waals surface area (Å²) in [6, 6.07) is 37.6. The van der Waals surface area contributed by atoms with Crippen LogP contribution in [0.1, 0.15) is 0 Å². The van der Waals surface area contributed by atoms with Crippen LogP contribution in [0.4, 0.5) is 0 Å². The summed E-state index contributed by atoms with van der Waals surface area (Å²) in [4.78, 5) is 9.69. The average molecular weight is 428 g/mol. The van der Waals surface area contributed by atoms with E-state index in [1.165, 1.54) is 0 Å². The lowest BCUT2D eigenvalue weighted by Gasteiger charge is -2.11. The molecule has 0 radical (unpaired) electrons. The van der Waals surface area contributed by atoms with Gasteiger partial charge in [0.15, 0.2) is 5.82 Å². The summed E-state index contributed by atoms with van der Waals surface area (Å²) in [6.45, 7) is 0. The Morgan fingerprint density at radius 3 is 1.64 bits per heavy atom. The molecule has 0 aliphatic carbocycles. The van der Waals surface area contributed by atoms with Gasteiger partial charge in [0.2, 0.25) is 0 Å². The van der Waals surface area contributed by atoms with E-state index in [4.69, 9.17) is 9.97 Å². The van der Waals surface area contributed by atoms with E-state index in [9.17, 15) is 10.0 Å². The molecule has 0 saturated carbocycles. The molecule has 0 amide bonds. The lowest BCUT2D eigenvalue weighted by Crippen LogP contribution is -2.29. The monoisotopic (exact) mass is 428 g/mol. The van der Waals surface area contributed by atoms with Crippen LogP contribution in [0.3, 0.4) is 0 Å². The van der Waals surface area contributed by atoms with Gasteiger partial charge >= 0.3 is 7.12 Å². The van der Waals surface area contributed by atoms with Crippen LogP contribution in [-0.2, 0) is 0 Å². The van der Waals surface area contributed by atoms with E-state index in [-0.39, 0.29) is 0 Å². The highest BCUT2D eigenvalue weighted by Crippen LogP contribution is 2.30. The summed E-state index contributed by atoms with van der Waals surface area (Å²) >= 11 is 0. The van der Waals surface area contributed by atoms with Crippen molar-refractivity contribution in [3.63, 3.8) is 0 Å². The van der Waals surface area contributed by atoms with Gasteiger partial charge in [0, 0.05) is 16.7 Å². The zero-order chi connectivity index (χ0) is 22.6. The number of hydrogen-bond donors (Lipinski definition) is 2. The van der Waals surface area contributed by atoms with Crippen LogP contribution in [0.5, 0.6) is 0 Å². The second-order valence-corrected chi connectivity index (χ2v) is 7.77. The minimum absolute atomic E-state index is 0.425. The largest absolute Gasteiger partial charge is 0.488 e. The van der Waals surface area contributed by atoms with Crippen molar-refractivity contribution < 1.29 is 10.0 Å². The van der Waals surface area contributed by atoms with Crippen LogP contribution in [0.25, 0.3) is 45.0 Å². The maximum Gasteiger partial charge on any atom is 0.488 e. The van der Waals surface area contributed by atoms with Crippen molar-refractivity contribution in [2.45, 2.75) is 0 Å². The molecule has 4 nitrogen and oxygen atoms in total. The smallest absolute Gasteiger partial charge is 0.423 e. The molecule has 0 saturated heterocycles. The number of benzene rings is 4. The Morgan fingerprint density at radius 2 is 1.00 bits per heavy atom. The van der Waals surface area contributed by atoms with Gasteiger partial charge in [0.25, 0.3) is 0 Å². The quantitative estimate of drug-likeness (QED) is 0.394. The normalized spacial score (nSPS) is 10.7. The van der Waals surface area contributed by atoms with Crippen LogP contribution in [0.2, 0.25) is 0 Å². The highest BCUT2D eigenvalue weighted by atomic mass is 16.4. The fourth-order valence-electron chi connectivity index (χ4n) is 3.77. The molecule has 1 heterocycles. The van der Waals surface area contributed by atoms with Crippen LogP contribution < -0.4 is 5.46 Å². The molecule has 0 spiro atoms. The summed E-state index contributed by atoms with van der Waals surface area (Å²) in [5.41, 5.74) is 7.15. The van der Waals surface area contributed by atoms with Crippen LogP contribution >= 0.6 is 0 Å². The Morgan fingerprint density at radius 1 is 0.455 bits per heavy atom. The molecule has 1 aromatic heterocycles. The zero-order valence-corrected chi connectivity index (χ0v) is 17.8. The topological polar surface area (TPSA) is 66.2 Å². The van der Waals surface area contributed by atoms with Gasteiger partial charge in [-0.25, -0.2) is 9.97 Å². The van der Waals surface area contributed by atoms with Crippen molar-refractivity contribution in [2.24, 2.45) is 0 Å². The first-order valence-corrected chi connectivity index (χ1v) is 10.7. The first kappa shape index (κ1) is 20.8. The lowest BCUT2D eigenvalue weighted by atomic mass is 9.80. The third-order valence-electron chi connectivity index (χ3n) is 5.53. The van der Waals surface area contributed by atoms with E-state index >= 15 is 0 Å². The third-order valence-corrected chi connectivity index (χ3v) is 5.53. The number of hydrogen-bond acceptors (Lipinski definition) is 4. The second kappa shape index (κ2) is 9.21. The molecule has 0 atom stereocenters. The summed E-state index contributed by atoms with van der Waals surface area (Å²) in [7, 11) is -1.51. The van der Waals surface area contributed by atoms with Gasteiger partial charge in [-0.15, -0.1) is 0 Å². The molecule has 33 heavy (non-hydrogen) atoms. The SMILES string of the molecule is OB(O)c1ccc(-c2nc(-c3ccccc3)cc(-c3cccc(-c4ccccc4)c3)n2)cc1. The molecule has 158 valence electrons. The van der Waals surface area contributed by atoms with Gasteiger partial charge in [0.1, 0.15) is 0 Å². The summed E-state index contributed by atoms with van der Waals surface area (Å²) in [6.07, 6.45) is 0. The highest BCUT2D eigenvalue weighted by Gasteiger charge is 2.14. The van der Waals surface area contributed by atoms with Gasteiger partial charge in [-0.2, -0.15) is 0 Å². The molecular weight excluding hydrogens is 407 g/mol. The third kappa shape index (κ3) is 4.60. The maximum absolute atomic E-state index is 9.41. The van der Waals surface area contributed by atoms with Crippen molar-refractivity contribution >= 4 is 12.6 Å². The predicted molar refractivity (Wildman–Crippen MR) is 134 cm³/mol. The fourth-order valence-corrected chi connectivity index (χ4v) is 3.77. The first-order chi connectivity index (χ1) is 16.2. The van der Waals surface area contributed by atoms with Gasteiger partial charge in [-0.3, -0.25) is 0 Å². The first-order valence-electron chi connectivity index (χ1n) is 10.7. The predicted octanol–water partition coefficient (Wildman–Crippen LogP) is 4.82. The summed E-state index contributed by atoms with van der Waals surface area (Å²) < 4.78 is 0. The summed E-state index contributed by atoms with van der Waals surface area (Å²) in [5.74, 6) is 0.579. The van der Waals surface area contributed by atoms with Gasteiger partial charge < -0.3 is 10.0 Å². The maximum atomic E-state index is 9.41. The second-order valence-electron chi connectivity index (χ2n) is 7.77. The van der Waals surface area contributed by atoms with Crippen LogP contribution in [-0.4, -0.2) is 27.1 Å². The summed E-state index contributed by atoms with van der Waals surface area (Å²) in [5, 5.41) is 18.8. The van der Waals surface area contributed by atoms with E-state index in [2.05, 4.69) is 30.3 Å². The average Bonchev–Trinajstić information content (AvgIpc) is 2.89. The van der Waals surface area contributed by atoms with Gasteiger partial charge in [-0.05, 0) is 28.7 Å². The molecule has 4 aromatic carbocycles. The zero-order valence-electron chi connectivity index (χ0n) is 17.8. The molecule has 5 heteroatoms.